The predicted octanol–water partition coefficient (Wildman–Crippen LogP) is 11.5. The van der Waals surface area contributed by atoms with E-state index in [2.05, 4.69) is 127 Å². The molecule has 4 nitrogen and oxygen atoms in total. The Morgan fingerprint density at radius 2 is 1.12 bits per heavy atom. The van der Waals surface area contributed by atoms with E-state index in [4.69, 9.17) is 10.4 Å². The Morgan fingerprint density at radius 3 is 1.96 bits per heavy atom. The zero-order chi connectivity index (χ0) is 34.5. The molecule has 1 aromatic heterocycles. The quantitative estimate of drug-likeness (QED) is 0.141. The lowest BCUT2D eigenvalue weighted by atomic mass is 9.82. The van der Waals surface area contributed by atoms with Gasteiger partial charge in [-0.25, -0.2) is 4.99 Å². The minimum Gasteiger partial charge on any atom is -0.282 e. The van der Waals surface area contributed by atoms with Crippen molar-refractivity contribution in [2.45, 2.75) is 19.3 Å². The summed E-state index contributed by atoms with van der Waals surface area (Å²) in [5.41, 5.74) is 17.3. The molecule has 9 rings (SSSR count). The van der Waals surface area contributed by atoms with Gasteiger partial charge in [0.1, 0.15) is 0 Å². The number of aromatic nitrogens is 1. The lowest BCUT2D eigenvalue weighted by Crippen LogP contribution is -2.25. The van der Waals surface area contributed by atoms with Gasteiger partial charge in [0.15, 0.2) is 11.7 Å². The van der Waals surface area contributed by atoms with Crippen LogP contribution in [0.4, 0.5) is 0 Å². The highest BCUT2D eigenvalue weighted by molar-refractivity contribution is 6.16. The van der Waals surface area contributed by atoms with Gasteiger partial charge < -0.3 is 0 Å². The Morgan fingerprint density at radius 1 is 0.510 bits per heavy atom. The molecule has 0 bridgehead atoms. The number of amidine groups is 2. The van der Waals surface area contributed by atoms with Gasteiger partial charge in [0.05, 0.1) is 11.0 Å². The molecule has 0 spiro atoms. The average Bonchev–Trinajstić information content (AvgIpc) is 3.62. The molecule has 8 aromatic rings. The standard InChI is InChI=1S/C47H36N4/c1-47(2)41-22-11-9-20-37(41)39-29-34(24-26-42(39)47)35-25-27-44-40(30-35)38-21-10-12-23-43(38)51(44)50-46(32-16-7-4-8-17-32)49-45(48)36-19-13-18-33(28-36)31-14-5-3-6-15-31/h3-30H,1-2H3,(H2,48,49,50). The van der Waals surface area contributed by atoms with Gasteiger partial charge >= 0.3 is 0 Å². The molecule has 0 fully saturated rings. The molecule has 2 N–H and O–H groups in total. The maximum absolute atomic E-state index is 9.13. The first kappa shape index (κ1) is 30.5. The number of hydrogen-bond donors (Lipinski definition) is 2. The highest BCUT2D eigenvalue weighted by Crippen LogP contribution is 2.49. The van der Waals surface area contributed by atoms with Crippen LogP contribution < -0.4 is 5.43 Å². The van der Waals surface area contributed by atoms with E-state index < -0.39 is 0 Å². The summed E-state index contributed by atoms with van der Waals surface area (Å²) in [4.78, 5) is 4.94. The van der Waals surface area contributed by atoms with Crippen LogP contribution in [0.3, 0.4) is 0 Å². The average molecular weight is 657 g/mol. The van der Waals surface area contributed by atoms with Crippen LogP contribution in [0.1, 0.15) is 36.1 Å². The van der Waals surface area contributed by atoms with E-state index in [1.54, 1.807) is 0 Å². The van der Waals surface area contributed by atoms with E-state index in [1.165, 1.54) is 33.4 Å². The van der Waals surface area contributed by atoms with Crippen LogP contribution in [0.2, 0.25) is 0 Å². The van der Waals surface area contributed by atoms with Crippen molar-refractivity contribution in [2.24, 2.45) is 4.99 Å². The Labute approximate surface area is 297 Å². The molecule has 1 aliphatic rings. The van der Waals surface area contributed by atoms with Crippen LogP contribution >= 0.6 is 0 Å². The lowest BCUT2D eigenvalue weighted by Gasteiger charge is -2.21. The number of benzene rings is 7. The fraction of sp³-hybridized carbons (Fsp3) is 0.0638. The number of para-hydroxylation sites is 1. The Kier molecular flexibility index (Phi) is 7.25. The van der Waals surface area contributed by atoms with Crippen molar-refractivity contribution in [2.75, 3.05) is 5.43 Å². The highest BCUT2D eigenvalue weighted by atomic mass is 15.4. The van der Waals surface area contributed by atoms with Crippen LogP contribution in [0, 0.1) is 5.41 Å². The third-order valence-electron chi connectivity index (χ3n) is 10.3. The molecule has 4 heteroatoms. The minimum absolute atomic E-state index is 0.0213. The molecule has 1 aliphatic carbocycles. The molecule has 244 valence electrons. The van der Waals surface area contributed by atoms with Crippen LogP contribution in [-0.2, 0) is 5.41 Å². The molecular weight excluding hydrogens is 621 g/mol. The Hall–Kier alpha value is -6.52. The van der Waals surface area contributed by atoms with Gasteiger partial charge in [0, 0.05) is 27.3 Å². The molecule has 0 saturated carbocycles. The zero-order valence-electron chi connectivity index (χ0n) is 28.6. The number of nitrogens with zero attached hydrogens (tertiary/aromatic N) is 2. The van der Waals surface area contributed by atoms with Crippen molar-refractivity contribution in [1.82, 2.24) is 4.68 Å². The predicted molar refractivity (Wildman–Crippen MR) is 213 cm³/mol. The van der Waals surface area contributed by atoms with Gasteiger partial charge in [0.25, 0.3) is 0 Å². The first-order chi connectivity index (χ1) is 25.0. The number of rotatable bonds is 5. The maximum Gasteiger partial charge on any atom is 0.154 e. The fourth-order valence-electron chi connectivity index (χ4n) is 7.68. The molecule has 0 aliphatic heterocycles. The first-order valence-electron chi connectivity index (χ1n) is 17.4. The third kappa shape index (κ3) is 5.24. The van der Waals surface area contributed by atoms with E-state index in [0.717, 1.165) is 44.1 Å². The molecular formula is C47H36N4. The molecule has 7 aromatic carbocycles. The van der Waals surface area contributed by atoms with Crippen molar-refractivity contribution in [3.63, 3.8) is 0 Å². The van der Waals surface area contributed by atoms with Gasteiger partial charge in [-0.1, -0.05) is 153 Å². The summed E-state index contributed by atoms with van der Waals surface area (Å²) in [5, 5.41) is 11.4. The summed E-state index contributed by atoms with van der Waals surface area (Å²) >= 11 is 0. The summed E-state index contributed by atoms with van der Waals surface area (Å²) in [5.74, 6) is 0.779. The number of fused-ring (bicyclic) bond motifs is 6. The second kappa shape index (κ2) is 12.1. The van der Waals surface area contributed by atoms with E-state index >= 15 is 0 Å². The van der Waals surface area contributed by atoms with E-state index in [0.29, 0.717) is 5.84 Å². The van der Waals surface area contributed by atoms with Gasteiger partial charge in [-0.15, -0.1) is 0 Å². The summed E-state index contributed by atoms with van der Waals surface area (Å²) in [7, 11) is 0. The first-order valence-corrected chi connectivity index (χ1v) is 17.4. The topological polar surface area (TPSA) is 53.2 Å². The van der Waals surface area contributed by atoms with Crippen molar-refractivity contribution >= 4 is 33.5 Å². The molecule has 0 amide bonds. The normalized spacial score (nSPS) is 13.3. The molecule has 1 heterocycles. The highest BCUT2D eigenvalue weighted by Gasteiger charge is 2.35. The van der Waals surface area contributed by atoms with E-state index in [9.17, 15) is 0 Å². The molecule has 0 unspecified atom stereocenters. The van der Waals surface area contributed by atoms with Crippen LogP contribution in [-0.4, -0.2) is 16.3 Å². The lowest BCUT2D eigenvalue weighted by molar-refractivity contribution is 0.660. The van der Waals surface area contributed by atoms with Gasteiger partial charge in [-0.3, -0.25) is 15.5 Å². The zero-order valence-corrected chi connectivity index (χ0v) is 28.6. The second-order valence-electron chi connectivity index (χ2n) is 13.7. The number of aliphatic imine (C=N–C) groups is 1. The van der Waals surface area contributed by atoms with E-state index in [-0.39, 0.29) is 11.3 Å². The molecule has 0 saturated heterocycles. The van der Waals surface area contributed by atoms with Gasteiger partial charge in [-0.05, 0) is 74.8 Å². The van der Waals surface area contributed by atoms with Crippen molar-refractivity contribution < 1.29 is 0 Å². The van der Waals surface area contributed by atoms with Crippen molar-refractivity contribution in [3.8, 4) is 33.4 Å². The van der Waals surface area contributed by atoms with Gasteiger partial charge in [-0.2, -0.15) is 0 Å². The van der Waals surface area contributed by atoms with E-state index in [1.807, 2.05) is 66.7 Å². The molecule has 51 heavy (non-hydrogen) atoms. The molecule has 0 radical (unpaired) electrons. The number of hydrogen-bond acceptors (Lipinski definition) is 1. The summed E-state index contributed by atoms with van der Waals surface area (Å²) < 4.78 is 2.11. The Balaban J connectivity index is 1.13. The third-order valence-corrected chi connectivity index (χ3v) is 10.3. The fourth-order valence-corrected chi connectivity index (χ4v) is 7.68. The van der Waals surface area contributed by atoms with Crippen molar-refractivity contribution in [3.05, 3.63) is 192 Å². The minimum atomic E-state index is -0.0213. The second-order valence-corrected chi connectivity index (χ2v) is 13.7. The van der Waals surface area contributed by atoms with Crippen LogP contribution in [0.5, 0.6) is 0 Å². The molecule has 0 atom stereocenters. The largest absolute Gasteiger partial charge is 0.282 e. The smallest absolute Gasteiger partial charge is 0.154 e. The van der Waals surface area contributed by atoms with Gasteiger partial charge in [0.2, 0.25) is 0 Å². The number of nitrogens with one attached hydrogen (secondary N) is 2. The summed E-state index contributed by atoms with van der Waals surface area (Å²) in [6.07, 6.45) is 0. The van der Waals surface area contributed by atoms with Crippen LogP contribution in [0.25, 0.3) is 55.2 Å². The van der Waals surface area contributed by atoms with Crippen LogP contribution in [0.15, 0.2) is 175 Å². The summed E-state index contributed by atoms with van der Waals surface area (Å²) in [6, 6.07) is 59.3. The SMILES string of the molecule is CC1(C)c2ccccc2-c2cc(-c3ccc4c(c3)c3ccccc3n4NC(=NC(=N)c3cccc(-c4ccccc4)c3)c3ccccc3)ccc21. The maximum atomic E-state index is 9.13. The van der Waals surface area contributed by atoms with Crippen molar-refractivity contribution in [1.29, 1.82) is 5.41 Å². The Bertz CT molecular complexity index is 2650. The summed E-state index contributed by atoms with van der Waals surface area (Å²) in [6.45, 7) is 4.64. The monoisotopic (exact) mass is 656 g/mol.